The van der Waals surface area contributed by atoms with Crippen molar-refractivity contribution in [2.24, 2.45) is 0 Å². The van der Waals surface area contributed by atoms with E-state index in [1.807, 2.05) is 73.7 Å². The predicted molar refractivity (Wildman–Crippen MR) is 127 cm³/mol. The van der Waals surface area contributed by atoms with Crippen molar-refractivity contribution in [3.8, 4) is 11.1 Å². The Bertz CT molecular complexity index is 1390. The second-order valence-corrected chi connectivity index (χ2v) is 8.95. The van der Waals surface area contributed by atoms with Gasteiger partial charge in [0.25, 0.3) is 0 Å². The molecule has 1 aliphatic rings. The van der Waals surface area contributed by atoms with E-state index in [9.17, 15) is 14.7 Å². The lowest BCUT2D eigenvalue weighted by Crippen LogP contribution is -2.56. The van der Waals surface area contributed by atoms with Crippen molar-refractivity contribution in [2.75, 3.05) is 0 Å². The van der Waals surface area contributed by atoms with Crippen molar-refractivity contribution in [1.82, 2.24) is 14.9 Å². The fraction of sp³-hybridized carbons (Fsp3) is 0.192. The van der Waals surface area contributed by atoms with Gasteiger partial charge in [-0.2, -0.15) is 0 Å². The summed E-state index contributed by atoms with van der Waals surface area (Å²) < 4.78 is 1.81. The number of rotatable bonds is 5. The summed E-state index contributed by atoms with van der Waals surface area (Å²) in [6, 6.07) is 21.0. The van der Waals surface area contributed by atoms with Crippen LogP contribution in [0.5, 0.6) is 0 Å². The van der Waals surface area contributed by atoms with E-state index in [0.717, 1.165) is 33.3 Å². The average Bonchev–Trinajstić information content (AvgIpc) is 3.31. The summed E-state index contributed by atoms with van der Waals surface area (Å²) >= 11 is 6.00. The molecule has 7 heteroatoms. The first-order valence-electron chi connectivity index (χ1n) is 10.7. The van der Waals surface area contributed by atoms with Gasteiger partial charge in [-0.3, -0.25) is 4.79 Å². The van der Waals surface area contributed by atoms with Gasteiger partial charge in [0.1, 0.15) is 17.9 Å². The van der Waals surface area contributed by atoms with E-state index in [2.05, 4.69) is 10.3 Å². The van der Waals surface area contributed by atoms with Gasteiger partial charge in [-0.15, -0.1) is 0 Å². The van der Waals surface area contributed by atoms with Gasteiger partial charge in [-0.1, -0.05) is 54.1 Å². The Kier molecular flexibility index (Phi) is 5.17. The number of nitrogens with one attached hydrogen (secondary N) is 1. The van der Waals surface area contributed by atoms with Crippen molar-refractivity contribution in [3.63, 3.8) is 0 Å². The minimum Gasteiger partial charge on any atom is -0.479 e. The van der Waals surface area contributed by atoms with E-state index in [1.165, 1.54) is 0 Å². The van der Waals surface area contributed by atoms with Gasteiger partial charge in [-0.05, 0) is 53.4 Å². The zero-order valence-corrected chi connectivity index (χ0v) is 18.8. The van der Waals surface area contributed by atoms with Crippen LogP contribution in [0, 0.1) is 6.92 Å². The molecule has 0 saturated heterocycles. The lowest BCUT2D eigenvalue weighted by atomic mass is 9.95. The number of aromatic nitrogens is 2. The first-order valence-corrected chi connectivity index (χ1v) is 11.1. The second-order valence-electron chi connectivity index (χ2n) is 8.51. The molecule has 1 unspecified atom stereocenters. The van der Waals surface area contributed by atoms with Crippen LogP contribution in [0.4, 0.5) is 0 Å². The Morgan fingerprint density at radius 3 is 2.48 bits per heavy atom. The van der Waals surface area contributed by atoms with Crippen molar-refractivity contribution < 1.29 is 14.7 Å². The number of carbonyl (C=O) groups is 2. The van der Waals surface area contributed by atoms with Crippen LogP contribution in [-0.2, 0) is 29.0 Å². The monoisotopic (exact) mass is 459 g/mol. The highest BCUT2D eigenvalue weighted by Crippen LogP contribution is 2.34. The molecule has 0 saturated carbocycles. The normalized spacial score (nSPS) is 17.2. The third-order valence-corrected chi connectivity index (χ3v) is 6.56. The Balaban J connectivity index is 1.39. The summed E-state index contributed by atoms with van der Waals surface area (Å²) in [6.07, 6.45) is 0.475. The van der Waals surface area contributed by atoms with Crippen LogP contribution < -0.4 is 5.32 Å². The number of imidazole rings is 1. The first kappa shape index (κ1) is 21.2. The number of carboxylic acid groups (broad SMARTS) is 1. The minimum absolute atomic E-state index is 0.00769. The molecule has 6 nitrogen and oxygen atoms in total. The van der Waals surface area contributed by atoms with Gasteiger partial charge in [-0.25, -0.2) is 9.78 Å². The third kappa shape index (κ3) is 3.87. The molecule has 1 aromatic heterocycles. The molecule has 0 bridgehead atoms. The zero-order valence-electron chi connectivity index (χ0n) is 18.0. The number of amides is 1. The van der Waals surface area contributed by atoms with Crippen molar-refractivity contribution in [3.05, 3.63) is 88.7 Å². The van der Waals surface area contributed by atoms with Crippen LogP contribution in [0.25, 0.3) is 22.2 Å². The quantitative estimate of drug-likeness (QED) is 0.463. The first-order chi connectivity index (χ1) is 15.8. The summed E-state index contributed by atoms with van der Waals surface area (Å²) in [4.78, 5) is 29.8. The summed E-state index contributed by atoms with van der Waals surface area (Å²) in [6.45, 7) is 1.84. The highest BCUT2D eigenvalue weighted by Gasteiger charge is 2.45. The number of halogens is 1. The average molecular weight is 460 g/mol. The minimum atomic E-state index is -1.37. The predicted octanol–water partition coefficient (Wildman–Crippen LogP) is 4.40. The fourth-order valence-corrected chi connectivity index (χ4v) is 4.76. The topological polar surface area (TPSA) is 84.2 Å². The maximum Gasteiger partial charge on any atom is 0.330 e. The molecule has 3 aromatic carbocycles. The smallest absolute Gasteiger partial charge is 0.330 e. The molecular weight excluding hydrogens is 438 g/mol. The van der Waals surface area contributed by atoms with Crippen LogP contribution in [0.1, 0.15) is 17.0 Å². The lowest BCUT2D eigenvalue weighted by molar-refractivity contribution is -0.147. The standard InChI is InChI=1S/C26H22ClN3O3/c1-16-28-22-4-2-3-5-23(22)30(16)15-24(31)29-26(25(32)33)13-19-7-6-18(12-20(19)14-26)17-8-10-21(27)11-9-17/h2-12H,13-15H2,1H3,(H,29,31)(H,32,33). The van der Waals surface area contributed by atoms with Crippen LogP contribution in [-0.4, -0.2) is 32.1 Å². The lowest BCUT2D eigenvalue weighted by Gasteiger charge is -2.25. The van der Waals surface area contributed by atoms with Gasteiger partial charge in [0.2, 0.25) is 5.91 Å². The van der Waals surface area contributed by atoms with Gasteiger partial charge in [0.15, 0.2) is 0 Å². The van der Waals surface area contributed by atoms with Crippen LogP contribution in [0.15, 0.2) is 66.7 Å². The highest BCUT2D eigenvalue weighted by atomic mass is 35.5. The zero-order chi connectivity index (χ0) is 23.2. The number of carboxylic acids is 1. The largest absolute Gasteiger partial charge is 0.479 e. The number of hydrogen-bond acceptors (Lipinski definition) is 3. The van der Waals surface area contributed by atoms with E-state index in [4.69, 9.17) is 11.6 Å². The summed E-state index contributed by atoms with van der Waals surface area (Å²) in [7, 11) is 0. The van der Waals surface area contributed by atoms with Gasteiger partial charge in [0.05, 0.1) is 11.0 Å². The Hall–Kier alpha value is -3.64. The number of nitrogens with zero attached hydrogens (tertiary/aromatic N) is 2. The molecule has 0 radical (unpaired) electrons. The molecular formula is C26H22ClN3O3. The van der Waals surface area contributed by atoms with E-state index in [1.54, 1.807) is 4.57 Å². The fourth-order valence-electron chi connectivity index (χ4n) is 4.64. The molecule has 1 heterocycles. The number of aryl methyl sites for hydroxylation is 1. The molecule has 0 fully saturated rings. The second kappa shape index (κ2) is 8.05. The van der Waals surface area contributed by atoms with Gasteiger partial charge < -0.3 is 15.0 Å². The Labute approximate surface area is 195 Å². The van der Waals surface area contributed by atoms with E-state index in [0.29, 0.717) is 10.8 Å². The number of fused-ring (bicyclic) bond motifs is 2. The maximum absolute atomic E-state index is 13.0. The van der Waals surface area contributed by atoms with Crippen LogP contribution >= 0.6 is 11.6 Å². The number of para-hydroxylation sites is 2. The van der Waals surface area contributed by atoms with Crippen molar-refractivity contribution in [1.29, 1.82) is 0 Å². The van der Waals surface area contributed by atoms with Crippen LogP contribution in [0.2, 0.25) is 5.02 Å². The molecule has 1 atom stereocenters. The molecule has 33 heavy (non-hydrogen) atoms. The molecule has 5 rings (SSSR count). The van der Waals surface area contributed by atoms with E-state index < -0.39 is 11.5 Å². The van der Waals surface area contributed by atoms with E-state index >= 15 is 0 Å². The molecule has 0 spiro atoms. The number of hydrogen-bond donors (Lipinski definition) is 2. The summed E-state index contributed by atoms with van der Waals surface area (Å²) in [5, 5.41) is 13.6. The maximum atomic E-state index is 13.0. The highest BCUT2D eigenvalue weighted by molar-refractivity contribution is 6.30. The van der Waals surface area contributed by atoms with Crippen molar-refractivity contribution >= 4 is 34.5 Å². The third-order valence-electron chi connectivity index (χ3n) is 6.30. The van der Waals surface area contributed by atoms with Gasteiger partial charge >= 0.3 is 5.97 Å². The molecule has 0 aliphatic heterocycles. The molecule has 4 aromatic rings. The molecule has 2 N–H and O–H groups in total. The van der Waals surface area contributed by atoms with Crippen LogP contribution in [0.3, 0.4) is 0 Å². The Morgan fingerprint density at radius 1 is 1.03 bits per heavy atom. The SMILES string of the molecule is Cc1nc2ccccc2n1CC(=O)NC1(C(=O)O)Cc2ccc(-c3ccc(Cl)cc3)cc2C1. The number of carbonyl (C=O) groups excluding carboxylic acids is 1. The Morgan fingerprint density at radius 2 is 1.73 bits per heavy atom. The molecule has 1 amide bonds. The number of aliphatic carboxylic acids is 1. The molecule has 166 valence electrons. The van der Waals surface area contributed by atoms with E-state index in [-0.39, 0.29) is 25.3 Å². The number of benzene rings is 3. The van der Waals surface area contributed by atoms with Crippen molar-refractivity contribution in [2.45, 2.75) is 31.8 Å². The van der Waals surface area contributed by atoms with Gasteiger partial charge in [0, 0.05) is 17.9 Å². The summed E-state index contributed by atoms with van der Waals surface area (Å²) in [5.74, 6) is -0.681. The molecule has 1 aliphatic carbocycles. The summed E-state index contributed by atoms with van der Waals surface area (Å²) in [5.41, 5.74) is 4.12.